The van der Waals surface area contributed by atoms with E-state index in [1.807, 2.05) is 17.0 Å². The van der Waals surface area contributed by atoms with Crippen molar-refractivity contribution in [3.63, 3.8) is 0 Å². The molecule has 0 bridgehead atoms. The van der Waals surface area contributed by atoms with Gasteiger partial charge in [-0.2, -0.15) is 0 Å². The Kier molecular flexibility index (Phi) is 5.86. The lowest BCUT2D eigenvalue weighted by atomic mass is 10.0. The van der Waals surface area contributed by atoms with Crippen molar-refractivity contribution in [1.82, 2.24) is 19.8 Å². The van der Waals surface area contributed by atoms with Gasteiger partial charge >= 0.3 is 0 Å². The van der Waals surface area contributed by atoms with Gasteiger partial charge in [-0.1, -0.05) is 30.3 Å². The molecule has 1 amide bonds. The topological polar surface area (TPSA) is 77.0 Å². The number of aromatic nitrogens is 3. The highest BCUT2D eigenvalue weighted by Crippen LogP contribution is 2.25. The van der Waals surface area contributed by atoms with Gasteiger partial charge in [-0.25, -0.2) is 4.68 Å². The summed E-state index contributed by atoms with van der Waals surface area (Å²) in [5.74, 6) is 7.13. The minimum absolute atomic E-state index is 0.146. The Morgan fingerprint density at radius 1 is 1.32 bits per heavy atom. The number of halogens is 1. The van der Waals surface area contributed by atoms with E-state index in [-0.39, 0.29) is 5.91 Å². The third-order valence-electron chi connectivity index (χ3n) is 4.51. The van der Waals surface area contributed by atoms with Gasteiger partial charge in [0.15, 0.2) is 5.82 Å². The van der Waals surface area contributed by atoms with Crippen LogP contribution in [-0.4, -0.2) is 44.0 Å². The second-order valence-electron chi connectivity index (χ2n) is 6.12. The molecular weight excluding hydrogens is 358 g/mol. The Bertz CT molecular complexity index is 733. The number of thioether (sulfide) groups is 1. The maximum Gasteiger partial charge on any atom is 0.233 e. The Labute approximate surface area is 156 Å². The number of amides is 1. The number of hydrogen-bond donors (Lipinski definition) is 1. The van der Waals surface area contributed by atoms with Crippen LogP contribution in [0.5, 0.6) is 0 Å². The highest BCUT2D eigenvalue weighted by atomic mass is 35.5. The van der Waals surface area contributed by atoms with E-state index in [4.69, 9.17) is 17.4 Å². The number of piperidine rings is 1. The summed E-state index contributed by atoms with van der Waals surface area (Å²) < 4.78 is 1.43. The van der Waals surface area contributed by atoms with Crippen molar-refractivity contribution in [3.05, 3.63) is 29.3 Å². The minimum atomic E-state index is 0.146. The van der Waals surface area contributed by atoms with Gasteiger partial charge in [0.05, 0.1) is 5.75 Å². The van der Waals surface area contributed by atoms with E-state index in [0.717, 1.165) is 31.4 Å². The Morgan fingerprint density at radius 3 is 2.80 bits per heavy atom. The molecule has 3 rings (SSSR count). The fourth-order valence-electron chi connectivity index (χ4n) is 3.13. The van der Waals surface area contributed by atoms with Crippen molar-refractivity contribution in [2.24, 2.45) is 0 Å². The maximum absolute atomic E-state index is 12.6. The van der Waals surface area contributed by atoms with Crippen LogP contribution in [0, 0.1) is 0 Å². The lowest BCUT2D eigenvalue weighted by Gasteiger charge is -2.35. The molecule has 1 fully saturated rings. The summed E-state index contributed by atoms with van der Waals surface area (Å²) in [4.78, 5) is 14.6. The van der Waals surface area contributed by atoms with Gasteiger partial charge in [0.25, 0.3) is 0 Å². The summed E-state index contributed by atoms with van der Waals surface area (Å²) in [5, 5.41) is 9.44. The molecule has 1 aliphatic heterocycles. The number of carbonyl (C=O) groups excluding carboxylic acids is 1. The lowest BCUT2D eigenvalue weighted by Crippen LogP contribution is -2.44. The predicted octanol–water partition coefficient (Wildman–Crippen LogP) is 3.20. The maximum atomic E-state index is 12.6. The molecule has 1 saturated heterocycles. The van der Waals surface area contributed by atoms with Crippen molar-refractivity contribution < 1.29 is 4.79 Å². The molecule has 0 unspecified atom stereocenters. The van der Waals surface area contributed by atoms with E-state index in [0.29, 0.717) is 27.8 Å². The third kappa shape index (κ3) is 4.10. The van der Waals surface area contributed by atoms with Crippen molar-refractivity contribution in [3.8, 4) is 11.4 Å². The summed E-state index contributed by atoms with van der Waals surface area (Å²) in [6.45, 7) is 2.99. The normalized spacial score (nSPS) is 17.7. The van der Waals surface area contributed by atoms with Crippen LogP contribution in [0.3, 0.4) is 0 Å². The third-order valence-corrected chi connectivity index (χ3v) is 5.69. The first-order valence-corrected chi connectivity index (χ1v) is 9.85. The second-order valence-corrected chi connectivity index (χ2v) is 7.50. The molecule has 0 aliphatic carbocycles. The molecule has 6 nitrogen and oxygen atoms in total. The average molecular weight is 380 g/mol. The Balaban J connectivity index is 1.65. The molecule has 134 valence electrons. The summed E-state index contributed by atoms with van der Waals surface area (Å²) in [6.07, 6.45) is 4.39. The molecule has 2 aromatic rings. The van der Waals surface area contributed by atoms with Crippen LogP contribution < -0.4 is 5.84 Å². The van der Waals surface area contributed by atoms with Crippen LogP contribution in [0.2, 0.25) is 5.02 Å². The van der Waals surface area contributed by atoms with Gasteiger partial charge in [-0.3, -0.25) is 4.79 Å². The van der Waals surface area contributed by atoms with Gasteiger partial charge < -0.3 is 10.7 Å². The Hall–Kier alpha value is -1.73. The van der Waals surface area contributed by atoms with Crippen molar-refractivity contribution in [1.29, 1.82) is 0 Å². The van der Waals surface area contributed by atoms with Crippen molar-refractivity contribution in [2.45, 2.75) is 43.8 Å². The van der Waals surface area contributed by atoms with Crippen molar-refractivity contribution in [2.75, 3.05) is 18.1 Å². The Morgan fingerprint density at radius 2 is 2.08 bits per heavy atom. The molecule has 25 heavy (non-hydrogen) atoms. The molecule has 1 aromatic heterocycles. The first-order valence-electron chi connectivity index (χ1n) is 8.49. The molecule has 0 saturated carbocycles. The first kappa shape index (κ1) is 18.1. The van der Waals surface area contributed by atoms with Gasteiger partial charge in [0.2, 0.25) is 11.1 Å². The summed E-state index contributed by atoms with van der Waals surface area (Å²) in [6, 6.07) is 7.61. The number of rotatable bonds is 5. The van der Waals surface area contributed by atoms with Crippen LogP contribution in [0.25, 0.3) is 11.4 Å². The SMILES string of the molecule is CC[C@H]1CCCCN1C(=O)CSc1nnc(-c2ccc(Cl)cc2)n1N. The molecule has 1 aromatic carbocycles. The summed E-state index contributed by atoms with van der Waals surface area (Å²) >= 11 is 7.23. The van der Waals surface area contributed by atoms with E-state index >= 15 is 0 Å². The van der Waals surface area contributed by atoms with Crippen LogP contribution in [0.4, 0.5) is 0 Å². The van der Waals surface area contributed by atoms with E-state index in [2.05, 4.69) is 17.1 Å². The fourth-order valence-corrected chi connectivity index (χ4v) is 4.00. The van der Waals surface area contributed by atoms with Crippen LogP contribution in [-0.2, 0) is 4.79 Å². The van der Waals surface area contributed by atoms with Gasteiger partial charge in [-0.15, -0.1) is 10.2 Å². The molecule has 1 aliphatic rings. The number of carbonyl (C=O) groups is 1. The predicted molar refractivity (Wildman–Crippen MR) is 101 cm³/mol. The number of likely N-dealkylation sites (tertiary alicyclic amines) is 1. The average Bonchev–Trinajstić information content (AvgIpc) is 3.01. The standard InChI is InChI=1S/C17H22ClN5OS/c1-2-14-5-3-4-10-22(14)15(24)11-25-17-21-20-16(23(17)19)12-6-8-13(18)9-7-12/h6-9,14H,2-5,10-11,19H2,1H3/t14-/m0/s1. The summed E-state index contributed by atoms with van der Waals surface area (Å²) in [5.41, 5.74) is 0.833. The quantitative estimate of drug-likeness (QED) is 0.637. The molecular formula is C17H22ClN5OS. The largest absolute Gasteiger partial charge is 0.339 e. The zero-order valence-electron chi connectivity index (χ0n) is 14.2. The molecule has 2 heterocycles. The number of benzene rings is 1. The van der Waals surface area contributed by atoms with Gasteiger partial charge in [0.1, 0.15) is 0 Å². The fraction of sp³-hybridized carbons (Fsp3) is 0.471. The van der Waals surface area contributed by atoms with Gasteiger partial charge in [-0.05, 0) is 49.9 Å². The lowest BCUT2D eigenvalue weighted by molar-refractivity contribution is -0.132. The zero-order valence-corrected chi connectivity index (χ0v) is 15.8. The van der Waals surface area contributed by atoms with Crippen LogP contribution in [0.15, 0.2) is 29.4 Å². The molecule has 1 atom stereocenters. The van der Waals surface area contributed by atoms with Crippen LogP contribution in [0.1, 0.15) is 32.6 Å². The first-order chi connectivity index (χ1) is 12.1. The van der Waals surface area contributed by atoms with Crippen molar-refractivity contribution >= 4 is 29.3 Å². The van der Waals surface area contributed by atoms with Gasteiger partial charge in [0, 0.05) is 23.2 Å². The zero-order chi connectivity index (χ0) is 17.8. The summed E-state index contributed by atoms with van der Waals surface area (Å²) in [7, 11) is 0. The molecule has 2 N–H and O–H groups in total. The van der Waals surface area contributed by atoms with E-state index < -0.39 is 0 Å². The van der Waals surface area contributed by atoms with E-state index in [1.165, 1.54) is 22.9 Å². The van der Waals surface area contributed by atoms with E-state index in [9.17, 15) is 4.79 Å². The number of nitrogen functional groups attached to an aromatic ring is 1. The number of hydrogen-bond acceptors (Lipinski definition) is 5. The van der Waals surface area contributed by atoms with E-state index in [1.54, 1.807) is 12.1 Å². The number of nitrogens with zero attached hydrogens (tertiary/aromatic N) is 4. The van der Waals surface area contributed by atoms with Crippen LogP contribution >= 0.6 is 23.4 Å². The smallest absolute Gasteiger partial charge is 0.233 e. The second kappa shape index (κ2) is 8.10. The monoisotopic (exact) mass is 379 g/mol. The highest BCUT2D eigenvalue weighted by Gasteiger charge is 2.25. The molecule has 8 heteroatoms. The number of nitrogens with two attached hydrogens (primary N) is 1. The highest BCUT2D eigenvalue weighted by molar-refractivity contribution is 7.99. The minimum Gasteiger partial charge on any atom is -0.339 e. The molecule has 0 radical (unpaired) electrons. The molecule has 0 spiro atoms.